The number of halogens is 1. The predicted octanol–water partition coefficient (Wildman–Crippen LogP) is 3.40. The molecule has 1 saturated carbocycles. The molecular formula is C15H14BrN3. The second-order valence-corrected chi connectivity index (χ2v) is 6.10. The van der Waals surface area contributed by atoms with Crippen molar-refractivity contribution in [2.24, 2.45) is 13.0 Å². The topological polar surface area (TPSA) is 41.6 Å². The highest BCUT2D eigenvalue weighted by Crippen LogP contribution is 2.51. The maximum Gasteiger partial charge on any atom is 0.119 e. The highest BCUT2D eigenvalue weighted by molar-refractivity contribution is 9.10. The van der Waals surface area contributed by atoms with Crippen LogP contribution in [-0.4, -0.2) is 9.55 Å². The summed E-state index contributed by atoms with van der Waals surface area (Å²) in [6.45, 7) is 0. The van der Waals surface area contributed by atoms with E-state index < -0.39 is 0 Å². The van der Waals surface area contributed by atoms with E-state index in [1.54, 1.807) is 0 Å². The molecule has 0 atom stereocenters. The number of aryl methyl sites for hydroxylation is 1. The van der Waals surface area contributed by atoms with E-state index in [-0.39, 0.29) is 11.3 Å². The van der Waals surface area contributed by atoms with Crippen molar-refractivity contribution in [2.75, 3.05) is 0 Å². The van der Waals surface area contributed by atoms with Gasteiger partial charge in [0.1, 0.15) is 5.82 Å². The minimum absolute atomic E-state index is 0.109. The lowest BCUT2D eigenvalue weighted by Crippen LogP contribution is -2.43. The molecule has 0 bridgehead atoms. The van der Waals surface area contributed by atoms with Crippen LogP contribution in [0.2, 0.25) is 0 Å². The van der Waals surface area contributed by atoms with Gasteiger partial charge in [-0.3, -0.25) is 0 Å². The summed E-state index contributed by atoms with van der Waals surface area (Å²) in [4.78, 5) is 4.52. The molecule has 3 rings (SSSR count). The van der Waals surface area contributed by atoms with Gasteiger partial charge in [0.05, 0.1) is 11.5 Å². The van der Waals surface area contributed by atoms with Crippen molar-refractivity contribution in [3.05, 3.63) is 52.5 Å². The number of aromatic nitrogens is 2. The molecule has 0 N–H and O–H groups in total. The van der Waals surface area contributed by atoms with Gasteiger partial charge in [0.25, 0.3) is 0 Å². The van der Waals surface area contributed by atoms with E-state index in [0.717, 1.165) is 23.1 Å². The molecule has 0 saturated heterocycles. The van der Waals surface area contributed by atoms with E-state index in [1.165, 1.54) is 5.56 Å². The van der Waals surface area contributed by atoms with Crippen molar-refractivity contribution in [3.63, 3.8) is 0 Å². The Bertz CT molecular complexity index is 647. The number of nitrogens with zero attached hydrogens (tertiary/aromatic N) is 3. The third kappa shape index (κ3) is 1.89. The van der Waals surface area contributed by atoms with Crippen LogP contribution in [0.4, 0.5) is 0 Å². The lowest BCUT2D eigenvalue weighted by Gasteiger charge is -2.44. The van der Waals surface area contributed by atoms with E-state index in [9.17, 15) is 0 Å². The van der Waals surface area contributed by atoms with Crippen molar-refractivity contribution in [1.29, 1.82) is 5.26 Å². The Morgan fingerprint density at radius 3 is 2.84 bits per heavy atom. The zero-order chi connectivity index (χ0) is 13.5. The van der Waals surface area contributed by atoms with Gasteiger partial charge in [0.2, 0.25) is 0 Å². The Balaban J connectivity index is 2.10. The number of rotatable bonds is 2. The van der Waals surface area contributed by atoms with Crippen molar-refractivity contribution in [3.8, 4) is 6.07 Å². The SMILES string of the molecule is Cn1ccnc1[C@]1(c2cccc(Br)c2)C[C@H](C#N)C1. The summed E-state index contributed by atoms with van der Waals surface area (Å²) in [5.41, 5.74) is 1.13. The Morgan fingerprint density at radius 1 is 1.47 bits per heavy atom. The fraction of sp³-hybridized carbons (Fsp3) is 0.333. The van der Waals surface area contributed by atoms with Crippen molar-refractivity contribution in [1.82, 2.24) is 9.55 Å². The molecule has 2 aromatic rings. The minimum atomic E-state index is -0.109. The molecular weight excluding hydrogens is 302 g/mol. The van der Waals surface area contributed by atoms with Crippen LogP contribution in [0.15, 0.2) is 41.1 Å². The van der Waals surface area contributed by atoms with Crippen molar-refractivity contribution >= 4 is 15.9 Å². The third-order valence-electron chi connectivity index (χ3n) is 4.00. The van der Waals surface area contributed by atoms with Gasteiger partial charge >= 0.3 is 0 Å². The monoisotopic (exact) mass is 315 g/mol. The van der Waals surface area contributed by atoms with Crippen LogP contribution in [0.5, 0.6) is 0 Å². The summed E-state index contributed by atoms with van der Waals surface area (Å²) < 4.78 is 3.13. The standard InChI is InChI=1S/C15H14BrN3/c1-19-6-5-18-14(19)15(8-11(9-15)10-17)12-3-2-4-13(16)7-12/h2-7,11H,8-9H2,1H3/t11-,15+. The van der Waals surface area contributed by atoms with Gasteiger partial charge in [-0.05, 0) is 30.5 Å². The first-order valence-corrected chi connectivity index (χ1v) is 7.08. The van der Waals surface area contributed by atoms with E-state index in [4.69, 9.17) is 5.26 Å². The average Bonchev–Trinajstić information content (AvgIpc) is 2.76. The maximum absolute atomic E-state index is 9.10. The second kappa shape index (κ2) is 4.50. The first-order chi connectivity index (χ1) is 9.15. The fourth-order valence-corrected chi connectivity index (χ4v) is 3.43. The summed E-state index contributed by atoms with van der Waals surface area (Å²) in [5.74, 6) is 1.19. The van der Waals surface area contributed by atoms with Gasteiger partial charge in [-0.1, -0.05) is 28.1 Å². The van der Waals surface area contributed by atoms with Crippen LogP contribution in [-0.2, 0) is 12.5 Å². The molecule has 0 spiro atoms. The van der Waals surface area contributed by atoms with Crippen LogP contribution in [0.25, 0.3) is 0 Å². The summed E-state index contributed by atoms with van der Waals surface area (Å²) >= 11 is 3.53. The van der Waals surface area contributed by atoms with Crippen LogP contribution in [0.3, 0.4) is 0 Å². The smallest absolute Gasteiger partial charge is 0.119 e. The molecule has 1 heterocycles. The van der Waals surface area contributed by atoms with E-state index in [2.05, 4.69) is 43.7 Å². The van der Waals surface area contributed by atoms with Gasteiger partial charge in [-0.2, -0.15) is 5.26 Å². The number of hydrogen-bond acceptors (Lipinski definition) is 2. The molecule has 1 aliphatic carbocycles. The summed E-state index contributed by atoms with van der Waals surface area (Å²) in [6.07, 6.45) is 5.50. The summed E-state index contributed by atoms with van der Waals surface area (Å²) in [7, 11) is 2.02. The average molecular weight is 316 g/mol. The predicted molar refractivity (Wildman–Crippen MR) is 76.5 cm³/mol. The second-order valence-electron chi connectivity index (χ2n) is 5.19. The van der Waals surface area contributed by atoms with Crippen LogP contribution in [0, 0.1) is 17.2 Å². The normalized spacial score (nSPS) is 25.6. The molecule has 96 valence electrons. The van der Waals surface area contributed by atoms with E-state index in [1.807, 2.05) is 31.6 Å². The molecule has 0 radical (unpaired) electrons. The molecule has 1 fully saturated rings. The van der Waals surface area contributed by atoms with Gasteiger partial charge in [-0.25, -0.2) is 4.98 Å². The minimum Gasteiger partial charge on any atom is -0.337 e. The first kappa shape index (κ1) is 12.4. The molecule has 1 aromatic carbocycles. The molecule has 0 aliphatic heterocycles. The van der Waals surface area contributed by atoms with Gasteiger partial charge in [0.15, 0.2) is 0 Å². The largest absolute Gasteiger partial charge is 0.337 e. The Hall–Kier alpha value is -1.60. The summed E-state index contributed by atoms with van der Waals surface area (Å²) in [5, 5.41) is 9.10. The summed E-state index contributed by atoms with van der Waals surface area (Å²) in [6, 6.07) is 10.7. The zero-order valence-electron chi connectivity index (χ0n) is 10.7. The number of hydrogen-bond donors (Lipinski definition) is 0. The molecule has 3 nitrogen and oxygen atoms in total. The van der Waals surface area contributed by atoms with E-state index >= 15 is 0 Å². The Morgan fingerprint density at radius 2 is 2.26 bits per heavy atom. The fourth-order valence-electron chi connectivity index (χ4n) is 3.03. The van der Waals surface area contributed by atoms with Crippen LogP contribution in [0.1, 0.15) is 24.2 Å². The molecule has 1 aromatic heterocycles. The molecule has 0 amide bonds. The highest BCUT2D eigenvalue weighted by Gasteiger charge is 2.49. The van der Waals surface area contributed by atoms with Crippen molar-refractivity contribution in [2.45, 2.75) is 18.3 Å². The molecule has 1 aliphatic rings. The van der Waals surface area contributed by atoms with E-state index in [0.29, 0.717) is 0 Å². The quantitative estimate of drug-likeness (QED) is 0.852. The maximum atomic E-state index is 9.10. The number of nitriles is 1. The molecule has 4 heteroatoms. The van der Waals surface area contributed by atoms with Crippen LogP contribution >= 0.6 is 15.9 Å². The van der Waals surface area contributed by atoms with Crippen molar-refractivity contribution < 1.29 is 0 Å². The van der Waals surface area contributed by atoms with Crippen LogP contribution < -0.4 is 0 Å². The number of imidazole rings is 1. The van der Waals surface area contributed by atoms with Gasteiger partial charge in [-0.15, -0.1) is 0 Å². The lowest BCUT2D eigenvalue weighted by atomic mass is 9.58. The van der Waals surface area contributed by atoms with Gasteiger partial charge in [0, 0.05) is 29.8 Å². The Labute approximate surface area is 121 Å². The lowest BCUT2D eigenvalue weighted by molar-refractivity contribution is 0.216. The Kier molecular flexibility index (Phi) is 2.94. The number of benzene rings is 1. The zero-order valence-corrected chi connectivity index (χ0v) is 12.3. The highest BCUT2D eigenvalue weighted by atomic mass is 79.9. The van der Waals surface area contributed by atoms with Gasteiger partial charge < -0.3 is 4.57 Å². The third-order valence-corrected chi connectivity index (χ3v) is 4.49. The molecule has 19 heavy (non-hydrogen) atoms. The first-order valence-electron chi connectivity index (χ1n) is 6.29. The molecule has 0 unspecified atom stereocenters.